The minimum absolute atomic E-state index is 0.587. The third-order valence-electron chi connectivity index (χ3n) is 1.98. The summed E-state index contributed by atoms with van der Waals surface area (Å²) in [5.41, 5.74) is 3.41. The maximum absolute atomic E-state index is 5.29. The minimum Gasteiger partial charge on any atom is -0.308 e. The number of nitrogens with zero attached hydrogens (tertiary/aromatic N) is 2. The summed E-state index contributed by atoms with van der Waals surface area (Å²) in [5.74, 6) is 6.51. The number of hydrogen-bond acceptors (Lipinski definition) is 4. The van der Waals surface area contributed by atoms with Gasteiger partial charge in [-0.1, -0.05) is 0 Å². The van der Waals surface area contributed by atoms with Crippen LogP contribution < -0.4 is 11.3 Å². The molecule has 0 saturated heterocycles. The number of hydrogen-bond donors (Lipinski definition) is 2. The highest BCUT2D eigenvalue weighted by Crippen LogP contribution is 2.27. The molecule has 1 heterocycles. The Hall–Kier alpha value is -0.980. The van der Waals surface area contributed by atoms with Crippen molar-refractivity contribution in [2.24, 2.45) is 5.84 Å². The molecule has 82 valence electrons. The molecule has 2 rings (SSSR count). The van der Waals surface area contributed by atoms with Gasteiger partial charge >= 0.3 is 0 Å². The van der Waals surface area contributed by atoms with Crippen LogP contribution in [0.15, 0.2) is 39.4 Å². The van der Waals surface area contributed by atoms with Crippen molar-refractivity contribution in [3.8, 4) is 11.4 Å². The van der Waals surface area contributed by atoms with Crippen molar-refractivity contribution < 1.29 is 0 Å². The Morgan fingerprint density at radius 1 is 1.12 bits per heavy atom. The molecule has 0 fully saturated rings. The molecular formula is C10H8Br2N4. The fourth-order valence-electron chi connectivity index (χ4n) is 1.21. The molecular weight excluding hydrogens is 336 g/mol. The van der Waals surface area contributed by atoms with Gasteiger partial charge in [0.1, 0.15) is 5.82 Å². The lowest BCUT2D eigenvalue weighted by molar-refractivity contribution is 1.14. The van der Waals surface area contributed by atoms with Gasteiger partial charge in [0.25, 0.3) is 0 Å². The Balaban J connectivity index is 2.46. The summed E-state index contributed by atoms with van der Waals surface area (Å²) in [6, 6.07) is 7.52. The molecule has 1 aromatic heterocycles. The van der Waals surface area contributed by atoms with Crippen molar-refractivity contribution in [2.75, 3.05) is 5.43 Å². The molecule has 4 nitrogen and oxygen atoms in total. The van der Waals surface area contributed by atoms with Crippen molar-refractivity contribution in [3.63, 3.8) is 0 Å². The molecule has 0 aliphatic heterocycles. The summed E-state index contributed by atoms with van der Waals surface area (Å²) in [7, 11) is 0. The van der Waals surface area contributed by atoms with Gasteiger partial charge in [-0.05, 0) is 50.1 Å². The number of anilines is 1. The number of hydrazine groups is 1. The van der Waals surface area contributed by atoms with Gasteiger partial charge in [-0.2, -0.15) is 0 Å². The van der Waals surface area contributed by atoms with E-state index in [0.717, 1.165) is 14.5 Å². The molecule has 0 unspecified atom stereocenters. The first-order chi connectivity index (χ1) is 7.70. The molecule has 2 aromatic rings. The van der Waals surface area contributed by atoms with Gasteiger partial charge in [0.15, 0.2) is 5.82 Å². The predicted molar refractivity (Wildman–Crippen MR) is 70.7 cm³/mol. The van der Waals surface area contributed by atoms with E-state index in [1.54, 1.807) is 12.3 Å². The van der Waals surface area contributed by atoms with Gasteiger partial charge < -0.3 is 5.43 Å². The van der Waals surface area contributed by atoms with E-state index in [-0.39, 0.29) is 0 Å². The van der Waals surface area contributed by atoms with E-state index < -0.39 is 0 Å². The normalized spacial score (nSPS) is 10.2. The largest absolute Gasteiger partial charge is 0.308 e. The van der Waals surface area contributed by atoms with Crippen LogP contribution in [0, 0.1) is 0 Å². The van der Waals surface area contributed by atoms with E-state index in [2.05, 4.69) is 47.3 Å². The van der Waals surface area contributed by atoms with Crippen LogP contribution in [-0.4, -0.2) is 9.97 Å². The zero-order valence-electron chi connectivity index (χ0n) is 8.11. The highest BCUT2D eigenvalue weighted by atomic mass is 79.9. The zero-order chi connectivity index (χ0) is 11.5. The molecule has 0 saturated carbocycles. The smallest absolute Gasteiger partial charge is 0.161 e. The number of nitrogens with two attached hydrogens (primary N) is 1. The second kappa shape index (κ2) is 4.90. The lowest BCUT2D eigenvalue weighted by Crippen LogP contribution is -2.09. The Kier molecular flexibility index (Phi) is 3.52. The molecule has 0 atom stereocenters. The first kappa shape index (κ1) is 11.5. The van der Waals surface area contributed by atoms with Crippen LogP contribution in [0.3, 0.4) is 0 Å². The van der Waals surface area contributed by atoms with Crippen LogP contribution >= 0.6 is 31.9 Å². The fraction of sp³-hybridized carbons (Fsp3) is 0. The molecule has 1 aromatic carbocycles. The Morgan fingerprint density at radius 2 is 1.94 bits per heavy atom. The van der Waals surface area contributed by atoms with Crippen molar-refractivity contribution in [1.29, 1.82) is 0 Å². The van der Waals surface area contributed by atoms with E-state index in [4.69, 9.17) is 5.84 Å². The number of aromatic nitrogens is 2. The van der Waals surface area contributed by atoms with Crippen LogP contribution in [0.25, 0.3) is 11.4 Å². The van der Waals surface area contributed by atoms with Crippen molar-refractivity contribution in [1.82, 2.24) is 9.97 Å². The maximum atomic E-state index is 5.29. The van der Waals surface area contributed by atoms with Crippen molar-refractivity contribution >= 4 is 37.7 Å². The molecule has 0 aliphatic carbocycles. The van der Waals surface area contributed by atoms with Crippen LogP contribution in [-0.2, 0) is 0 Å². The van der Waals surface area contributed by atoms with E-state index >= 15 is 0 Å². The number of benzene rings is 1. The van der Waals surface area contributed by atoms with Gasteiger partial charge in [-0.25, -0.2) is 15.8 Å². The summed E-state index contributed by atoms with van der Waals surface area (Å²) in [5, 5.41) is 0. The molecule has 6 heteroatoms. The second-order valence-corrected chi connectivity index (χ2v) is 4.75. The van der Waals surface area contributed by atoms with Gasteiger partial charge in [0, 0.05) is 26.8 Å². The molecule has 0 amide bonds. The molecule has 16 heavy (non-hydrogen) atoms. The number of rotatable bonds is 2. The summed E-state index contributed by atoms with van der Waals surface area (Å²) in [6.07, 6.45) is 1.66. The topological polar surface area (TPSA) is 63.8 Å². The molecule has 3 N–H and O–H groups in total. The average Bonchev–Trinajstić information content (AvgIpc) is 2.33. The van der Waals surface area contributed by atoms with Gasteiger partial charge in [-0.15, -0.1) is 0 Å². The fourth-order valence-corrected chi connectivity index (χ4v) is 1.84. The SMILES string of the molecule is NNc1ccnc(-c2ccc(Br)c(Br)c2)n1. The average molecular weight is 344 g/mol. The standard InChI is InChI=1S/C10H8Br2N4/c11-7-2-1-6(5-8(7)12)10-14-4-3-9(15-10)16-13/h1-5H,13H2,(H,14,15,16). The Labute approximate surface area is 110 Å². The van der Waals surface area contributed by atoms with Crippen LogP contribution in [0.2, 0.25) is 0 Å². The second-order valence-electron chi connectivity index (χ2n) is 3.04. The molecule has 0 aliphatic rings. The zero-order valence-corrected chi connectivity index (χ0v) is 11.3. The molecule has 0 bridgehead atoms. The summed E-state index contributed by atoms with van der Waals surface area (Å²) < 4.78 is 1.95. The van der Waals surface area contributed by atoms with E-state index in [9.17, 15) is 0 Å². The number of nitrogen functional groups attached to an aromatic ring is 1. The van der Waals surface area contributed by atoms with Gasteiger partial charge in [0.05, 0.1) is 0 Å². The lowest BCUT2D eigenvalue weighted by atomic mass is 10.2. The predicted octanol–water partition coefficient (Wildman–Crippen LogP) is 2.95. The van der Waals surface area contributed by atoms with Gasteiger partial charge in [0.2, 0.25) is 0 Å². The number of halogens is 2. The minimum atomic E-state index is 0.587. The van der Waals surface area contributed by atoms with Crippen molar-refractivity contribution in [3.05, 3.63) is 39.4 Å². The summed E-state index contributed by atoms with van der Waals surface area (Å²) in [4.78, 5) is 8.43. The van der Waals surface area contributed by atoms with Crippen LogP contribution in [0.5, 0.6) is 0 Å². The van der Waals surface area contributed by atoms with E-state index in [1.807, 2.05) is 18.2 Å². The van der Waals surface area contributed by atoms with Crippen molar-refractivity contribution in [2.45, 2.75) is 0 Å². The third kappa shape index (κ3) is 2.40. The molecule has 0 radical (unpaired) electrons. The quantitative estimate of drug-likeness (QED) is 0.650. The number of nitrogens with one attached hydrogen (secondary N) is 1. The van der Waals surface area contributed by atoms with Crippen LogP contribution in [0.4, 0.5) is 5.82 Å². The van der Waals surface area contributed by atoms with Crippen LogP contribution in [0.1, 0.15) is 0 Å². The van der Waals surface area contributed by atoms with E-state index in [0.29, 0.717) is 11.6 Å². The summed E-state index contributed by atoms with van der Waals surface area (Å²) >= 11 is 6.85. The monoisotopic (exact) mass is 342 g/mol. The Morgan fingerprint density at radius 3 is 2.62 bits per heavy atom. The first-order valence-electron chi connectivity index (χ1n) is 4.46. The summed E-state index contributed by atoms with van der Waals surface area (Å²) in [6.45, 7) is 0. The third-order valence-corrected chi connectivity index (χ3v) is 3.86. The van der Waals surface area contributed by atoms with E-state index in [1.165, 1.54) is 0 Å². The highest BCUT2D eigenvalue weighted by molar-refractivity contribution is 9.13. The highest BCUT2D eigenvalue weighted by Gasteiger charge is 2.04. The molecule has 0 spiro atoms. The maximum Gasteiger partial charge on any atom is 0.161 e. The first-order valence-corrected chi connectivity index (χ1v) is 6.04. The Bertz CT molecular complexity index is 516. The van der Waals surface area contributed by atoms with Gasteiger partial charge in [-0.3, -0.25) is 0 Å². The lowest BCUT2D eigenvalue weighted by Gasteiger charge is -2.04.